The number of ether oxygens (including phenoxy) is 2. The molecule has 0 aliphatic heterocycles. The quantitative estimate of drug-likeness (QED) is 0.173. The Kier molecular flexibility index (Phi) is 11.9. The van der Waals surface area contributed by atoms with E-state index in [0.29, 0.717) is 11.6 Å². The molecule has 0 radical (unpaired) electrons. The van der Waals surface area contributed by atoms with Crippen LogP contribution in [0.3, 0.4) is 0 Å². The normalized spacial score (nSPS) is 11.8. The monoisotopic (exact) mass is 653 g/mol. The van der Waals surface area contributed by atoms with E-state index in [-0.39, 0.29) is 41.7 Å². The molecular formula is C33H33ClFN3O6S. The highest BCUT2D eigenvalue weighted by Gasteiger charge is 2.30. The second-order valence-electron chi connectivity index (χ2n) is 10.0. The largest absolute Gasteiger partial charge is 0.484 e. The van der Waals surface area contributed by atoms with Crippen LogP contribution < -0.4 is 14.8 Å². The molecule has 0 aliphatic rings. The van der Waals surface area contributed by atoms with Crippen molar-refractivity contribution in [2.45, 2.75) is 23.9 Å². The van der Waals surface area contributed by atoms with Crippen LogP contribution in [-0.4, -0.2) is 58.0 Å². The summed E-state index contributed by atoms with van der Waals surface area (Å²) in [5, 5.41) is 3.39. The molecule has 4 aromatic carbocycles. The zero-order chi connectivity index (χ0) is 32.2. The number of rotatable bonds is 15. The number of nitrogens with one attached hydrogen (secondary N) is 2. The number of sulfonamides is 1. The molecule has 0 saturated carbocycles. The molecule has 0 spiro atoms. The maximum atomic E-state index is 13.7. The van der Waals surface area contributed by atoms with Crippen LogP contribution in [-0.2, 0) is 37.3 Å². The van der Waals surface area contributed by atoms with Crippen LogP contribution in [0.1, 0.15) is 11.1 Å². The van der Waals surface area contributed by atoms with Crippen molar-refractivity contribution in [1.29, 1.82) is 0 Å². The number of anilines is 1. The molecule has 1 atom stereocenters. The summed E-state index contributed by atoms with van der Waals surface area (Å²) in [6.45, 7) is 0.277. The van der Waals surface area contributed by atoms with Crippen LogP contribution >= 0.6 is 11.6 Å². The lowest BCUT2D eigenvalue weighted by Gasteiger charge is -2.31. The molecular weight excluding hydrogens is 621 g/mol. The first-order valence-corrected chi connectivity index (χ1v) is 15.9. The van der Waals surface area contributed by atoms with Gasteiger partial charge >= 0.3 is 0 Å². The fraction of sp³-hybridized carbons (Fsp3) is 0.212. The van der Waals surface area contributed by atoms with Crippen LogP contribution in [0.15, 0.2) is 108 Å². The van der Waals surface area contributed by atoms with Crippen LogP contribution in [0, 0.1) is 5.82 Å². The summed E-state index contributed by atoms with van der Waals surface area (Å²) in [5.41, 5.74) is 1.84. The molecule has 9 nitrogen and oxygen atoms in total. The number of nitrogens with zero attached hydrogens (tertiary/aromatic N) is 1. The highest BCUT2D eigenvalue weighted by molar-refractivity contribution is 7.92. The predicted octanol–water partition coefficient (Wildman–Crippen LogP) is 5.06. The molecule has 4 rings (SSSR count). The van der Waals surface area contributed by atoms with Gasteiger partial charge in [0.2, 0.25) is 5.91 Å². The van der Waals surface area contributed by atoms with Crippen molar-refractivity contribution >= 4 is 39.1 Å². The van der Waals surface area contributed by atoms with E-state index in [0.717, 1.165) is 23.3 Å². The third-order valence-corrected chi connectivity index (χ3v) is 8.38. The Morgan fingerprint density at radius 1 is 0.889 bits per heavy atom. The fourth-order valence-electron chi connectivity index (χ4n) is 4.41. The molecule has 4 aromatic rings. The summed E-state index contributed by atoms with van der Waals surface area (Å²) in [4.78, 5) is 28.6. The van der Waals surface area contributed by atoms with Crippen molar-refractivity contribution in [2.75, 3.05) is 31.6 Å². The molecule has 0 heterocycles. The third kappa shape index (κ3) is 10.0. The average molecular weight is 654 g/mol. The van der Waals surface area contributed by atoms with Gasteiger partial charge in [-0.2, -0.15) is 0 Å². The van der Waals surface area contributed by atoms with E-state index in [2.05, 4.69) is 10.0 Å². The molecule has 0 saturated heterocycles. The molecule has 2 N–H and O–H groups in total. The van der Waals surface area contributed by atoms with E-state index < -0.39 is 34.4 Å². The summed E-state index contributed by atoms with van der Waals surface area (Å²) in [6, 6.07) is 25.9. The smallest absolute Gasteiger partial charge is 0.261 e. The van der Waals surface area contributed by atoms with E-state index in [1.54, 1.807) is 24.3 Å². The maximum absolute atomic E-state index is 13.7. The summed E-state index contributed by atoms with van der Waals surface area (Å²) in [5.74, 6) is -1.04. The predicted molar refractivity (Wildman–Crippen MR) is 170 cm³/mol. The van der Waals surface area contributed by atoms with Crippen molar-refractivity contribution in [3.8, 4) is 5.75 Å². The first-order valence-electron chi connectivity index (χ1n) is 14.0. The van der Waals surface area contributed by atoms with Crippen molar-refractivity contribution in [2.24, 2.45) is 0 Å². The Bertz CT molecular complexity index is 1660. The van der Waals surface area contributed by atoms with Gasteiger partial charge in [-0.25, -0.2) is 12.8 Å². The Hall–Kier alpha value is -4.45. The number of hydrogen-bond donors (Lipinski definition) is 2. The minimum absolute atomic E-state index is 0.0504. The number of methoxy groups -OCH3 is 1. The number of halogens is 2. The first-order chi connectivity index (χ1) is 21.6. The zero-order valence-corrected chi connectivity index (χ0v) is 26.1. The summed E-state index contributed by atoms with van der Waals surface area (Å²) < 4.78 is 51.9. The first kappa shape index (κ1) is 33.4. The van der Waals surface area contributed by atoms with Gasteiger partial charge in [0, 0.05) is 37.3 Å². The lowest BCUT2D eigenvalue weighted by atomic mass is 10.0. The number of carbonyl (C=O) groups is 2. The summed E-state index contributed by atoms with van der Waals surface area (Å²) in [6.07, 6.45) is 0.257. The van der Waals surface area contributed by atoms with E-state index in [1.807, 2.05) is 30.3 Å². The second-order valence-corrected chi connectivity index (χ2v) is 12.1. The lowest BCUT2D eigenvalue weighted by Crippen LogP contribution is -2.52. The summed E-state index contributed by atoms with van der Waals surface area (Å²) in [7, 11) is -2.42. The molecule has 236 valence electrons. The Morgan fingerprint density at radius 3 is 2.20 bits per heavy atom. The van der Waals surface area contributed by atoms with Gasteiger partial charge in [0.25, 0.3) is 15.9 Å². The lowest BCUT2D eigenvalue weighted by molar-refractivity contribution is -0.142. The van der Waals surface area contributed by atoms with E-state index in [1.165, 1.54) is 48.4 Å². The SMILES string of the molecule is COCCNC(=O)[C@@H](Cc1ccccc1)N(Cc1ccc(Cl)cc1)C(=O)COc1ccc(S(=O)(=O)Nc2ccc(F)cc2)cc1. The summed E-state index contributed by atoms with van der Waals surface area (Å²) >= 11 is 6.07. The maximum Gasteiger partial charge on any atom is 0.261 e. The number of benzene rings is 4. The second kappa shape index (κ2) is 16.0. The Labute approximate surface area is 267 Å². The van der Waals surface area contributed by atoms with Gasteiger partial charge in [-0.1, -0.05) is 54.1 Å². The molecule has 0 aromatic heterocycles. The Morgan fingerprint density at radius 2 is 1.56 bits per heavy atom. The standard InChI is InChI=1S/C33H33ClFN3O6S/c1-43-20-19-36-33(40)31(21-24-5-3-2-4-6-24)38(22-25-7-9-26(34)10-8-25)32(39)23-44-29-15-17-30(18-16-29)45(41,42)37-28-13-11-27(35)12-14-28/h2-18,31,37H,19-23H2,1H3,(H,36,40)/t31-/m1/s1. The van der Waals surface area contributed by atoms with Crippen LogP contribution in [0.25, 0.3) is 0 Å². The van der Waals surface area contributed by atoms with E-state index in [4.69, 9.17) is 21.1 Å². The Balaban J connectivity index is 1.52. The molecule has 2 amide bonds. The van der Waals surface area contributed by atoms with Gasteiger partial charge in [0.15, 0.2) is 6.61 Å². The van der Waals surface area contributed by atoms with Crippen molar-refractivity contribution in [3.05, 3.63) is 125 Å². The molecule has 0 aliphatic carbocycles. The van der Waals surface area contributed by atoms with Gasteiger partial charge < -0.3 is 19.7 Å². The van der Waals surface area contributed by atoms with Crippen LogP contribution in [0.2, 0.25) is 5.02 Å². The van der Waals surface area contributed by atoms with E-state index in [9.17, 15) is 22.4 Å². The molecule has 45 heavy (non-hydrogen) atoms. The van der Waals surface area contributed by atoms with Crippen LogP contribution in [0.5, 0.6) is 5.75 Å². The van der Waals surface area contributed by atoms with Gasteiger partial charge in [-0.05, 0) is 71.8 Å². The topological polar surface area (TPSA) is 114 Å². The van der Waals surface area contributed by atoms with Gasteiger partial charge in [0.05, 0.1) is 11.5 Å². The van der Waals surface area contributed by atoms with Crippen molar-refractivity contribution in [1.82, 2.24) is 10.2 Å². The molecule has 0 bridgehead atoms. The average Bonchev–Trinajstić information content (AvgIpc) is 3.04. The van der Waals surface area contributed by atoms with Gasteiger partial charge in [-0.3, -0.25) is 14.3 Å². The number of amides is 2. The van der Waals surface area contributed by atoms with Crippen molar-refractivity contribution in [3.63, 3.8) is 0 Å². The molecule has 0 fully saturated rings. The van der Waals surface area contributed by atoms with Gasteiger partial charge in [-0.15, -0.1) is 0 Å². The zero-order valence-electron chi connectivity index (χ0n) is 24.5. The van der Waals surface area contributed by atoms with Gasteiger partial charge in [0.1, 0.15) is 17.6 Å². The third-order valence-electron chi connectivity index (χ3n) is 6.74. The fourth-order valence-corrected chi connectivity index (χ4v) is 5.59. The number of carbonyl (C=O) groups excluding carboxylic acids is 2. The minimum Gasteiger partial charge on any atom is -0.484 e. The molecule has 12 heteroatoms. The highest BCUT2D eigenvalue weighted by atomic mass is 35.5. The van der Waals surface area contributed by atoms with E-state index >= 15 is 0 Å². The van der Waals surface area contributed by atoms with Crippen molar-refractivity contribution < 1.29 is 31.9 Å². The highest BCUT2D eigenvalue weighted by Crippen LogP contribution is 2.21. The molecule has 0 unspecified atom stereocenters. The minimum atomic E-state index is -3.95. The van der Waals surface area contributed by atoms with Crippen LogP contribution in [0.4, 0.5) is 10.1 Å². The number of hydrogen-bond acceptors (Lipinski definition) is 6.